The van der Waals surface area contributed by atoms with Crippen molar-refractivity contribution in [2.24, 2.45) is 23.7 Å². The van der Waals surface area contributed by atoms with E-state index in [9.17, 15) is 9.59 Å². The lowest BCUT2D eigenvalue weighted by Crippen LogP contribution is -2.37. The second-order valence-corrected chi connectivity index (χ2v) is 5.56. The van der Waals surface area contributed by atoms with Gasteiger partial charge in [-0.05, 0) is 24.7 Å². The molecule has 0 saturated heterocycles. The van der Waals surface area contributed by atoms with Crippen LogP contribution < -0.4 is 5.32 Å². The smallest absolute Gasteiger partial charge is 0.307 e. The summed E-state index contributed by atoms with van der Waals surface area (Å²) in [4.78, 5) is 23.2. The van der Waals surface area contributed by atoms with Crippen LogP contribution in [0, 0.1) is 23.7 Å². The molecule has 0 heterocycles. The zero-order valence-electron chi connectivity index (χ0n) is 11.6. The van der Waals surface area contributed by atoms with Crippen LogP contribution in [-0.4, -0.2) is 23.5 Å². The topological polar surface area (TPSA) is 66.4 Å². The molecule has 1 saturated carbocycles. The first kappa shape index (κ1) is 15.0. The molecule has 1 aliphatic rings. The molecule has 0 bridgehead atoms. The number of rotatable bonds is 6. The molecule has 1 amide bonds. The number of carboxylic acid groups (broad SMARTS) is 1. The van der Waals surface area contributed by atoms with Crippen LogP contribution in [0.2, 0.25) is 0 Å². The number of amides is 1. The third kappa shape index (κ3) is 3.72. The summed E-state index contributed by atoms with van der Waals surface area (Å²) in [7, 11) is 0. The van der Waals surface area contributed by atoms with Gasteiger partial charge in [-0.1, -0.05) is 33.6 Å². The Balaban J connectivity index is 2.52. The van der Waals surface area contributed by atoms with Crippen LogP contribution in [0.4, 0.5) is 0 Å². The standard InChI is InChI=1S/C14H25NO3/c1-4-10(5-2)8-15-13(16)11-6-9(3)7-12(11)14(17)18/h9-12H,4-8H2,1-3H3,(H,15,16)(H,17,18)/t9?,11-,12+/m0/s1. The summed E-state index contributed by atoms with van der Waals surface area (Å²) in [6, 6.07) is 0. The van der Waals surface area contributed by atoms with Gasteiger partial charge in [-0.2, -0.15) is 0 Å². The van der Waals surface area contributed by atoms with E-state index < -0.39 is 11.9 Å². The highest BCUT2D eigenvalue weighted by atomic mass is 16.4. The normalized spacial score (nSPS) is 27.4. The van der Waals surface area contributed by atoms with E-state index in [1.54, 1.807) is 0 Å². The van der Waals surface area contributed by atoms with Crippen molar-refractivity contribution in [1.29, 1.82) is 0 Å². The zero-order chi connectivity index (χ0) is 13.7. The van der Waals surface area contributed by atoms with Crippen molar-refractivity contribution in [2.45, 2.75) is 46.5 Å². The van der Waals surface area contributed by atoms with E-state index in [-0.39, 0.29) is 11.8 Å². The summed E-state index contributed by atoms with van der Waals surface area (Å²) in [6.45, 7) is 6.91. The first-order chi connectivity index (χ1) is 8.49. The predicted molar refractivity (Wildman–Crippen MR) is 70.1 cm³/mol. The minimum Gasteiger partial charge on any atom is -0.481 e. The molecule has 4 nitrogen and oxygen atoms in total. The minimum atomic E-state index is -0.831. The molecular weight excluding hydrogens is 230 g/mol. The number of nitrogens with one attached hydrogen (secondary N) is 1. The minimum absolute atomic E-state index is 0.0707. The number of aliphatic carboxylic acids is 1. The van der Waals surface area contributed by atoms with Crippen LogP contribution in [0.15, 0.2) is 0 Å². The summed E-state index contributed by atoms with van der Waals surface area (Å²) in [6.07, 6.45) is 3.41. The molecule has 2 N–H and O–H groups in total. The Morgan fingerprint density at radius 1 is 1.22 bits per heavy atom. The fourth-order valence-electron chi connectivity index (χ4n) is 2.81. The van der Waals surface area contributed by atoms with E-state index in [0.29, 0.717) is 31.2 Å². The molecule has 1 fully saturated rings. The van der Waals surface area contributed by atoms with E-state index in [2.05, 4.69) is 19.2 Å². The van der Waals surface area contributed by atoms with E-state index >= 15 is 0 Å². The first-order valence-corrected chi connectivity index (χ1v) is 7.00. The molecular formula is C14H25NO3. The van der Waals surface area contributed by atoms with E-state index in [1.165, 1.54) is 0 Å². The van der Waals surface area contributed by atoms with Gasteiger partial charge in [-0.3, -0.25) is 9.59 Å². The molecule has 0 spiro atoms. The maximum Gasteiger partial charge on any atom is 0.307 e. The molecule has 0 aromatic carbocycles. The van der Waals surface area contributed by atoms with Crippen LogP contribution in [0.25, 0.3) is 0 Å². The van der Waals surface area contributed by atoms with Crippen LogP contribution in [0.3, 0.4) is 0 Å². The van der Waals surface area contributed by atoms with E-state index in [4.69, 9.17) is 5.11 Å². The monoisotopic (exact) mass is 255 g/mol. The lowest BCUT2D eigenvalue weighted by atomic mass is 9.95. The Morgan fingerprint density at radius 3 is 2.28 bits per heavy atom. The van der Waals surface area contributed by atoms with Gasteiger partial charge < -0.3 is 10.4 Å². The van der Waals surface area contributed by atoms with Crippen molar-refractivity contribution in [3.63, 3.8) is 0 Å². The third-order valence-electron chi connectivity index (χ3n) is 4.17. The SMILES string of the molecule is CCC(CC)CNC(=O)[C@H]1CC(C)C[C@H]1C(=O)O. The number of carbonyl (C=O) groups is 2. The van der Waals surface area contributed by atoms with Gasteiger partial charge in [0.15, 0.2) is 0 Å². The molecule has 0 aromatic rings. The molecule has 4 heteroatoms. The van der Waals surface area contributed by atoms with Crippen molar-refractivity contribution >= 4 is 11.9 Å². The molecule has 1 rings (SSSR count). The van der Waals surface area contributed by atoms with E-state index in [0.717, 1.165) is 12.8 Å². The molecule has 0 aromatic heterocycles. The van der Waals surface area contributed by atoms with Crippen molar-refractivity contribution in [3.05, 3.63) is 0 Å². The Labute approximate surface area is 109 Å². The quantitative estimate of drug-likeness (QED) is 0.765. The van der Waals surface area contributed by atoms with Gasteiger partial charge in [-0.15, -0.1) is 0 Å². The third-order valence-corrected chi connectivity index (χ3v) is 4.17. The molecule has 3 atom stereocenters. The molecule has 0 aliphatic heterocycles. The van der Waals surface area contributed by atoms with Crippen LogP contribution in [0.1, 0.15) is 46.5 Å². The summed E-state index contributed by atoms with van der Waals surface area (Å²) in [5.41, 5.74) is 0. The first-order valence-electron chi connectivity index (χ1n) is 7.00. The van der Waals surface area contributed by atoms with Gasteiger partial charge in [0, 0.05) is 6.54 Å². The summed E-state index contributed by atoms with van der Waals surface area (Å²) >= 11 is 0. The lowest BCUT2D eigenvalue weighted by molar-refractivity contribution is -0.146. The summed E-state index contributed by atoms with van der Waals surface area (Å²) in [5.74, 6) is -0.916. The number of carbonyl (C=O) groups excluding carboxylic acids is 1. The molecule has 18 heavy (non-hydrogen) atoms. The molecule has 0 radical (unpaired) electrons. The zero-order valence-corrected chi connectivity index (χ0v) is 11.6. The fourth-order valence-corrected chi connectivity index (χ4v) is 2.81. The van der Waals surface area contributed by atoms with Gasteiger partial charge in [-0.25, -0.2) is 0 Å². The fraction of sp³-hybridized carbons (Fsp3) is 0.857. The average molecular weight is 255 g/mol. The number of hydrogen-bond acceptors (Lipinski definition) is 2. The maximum absolute atomic E-state index is 12.1. The van der Waals surface area contributed by atoms with E-state index in [1.807, 2.05) is 6.92 Å². The highest BCUT2D eigenvalue weighted by molar-refractivity contribution is 5.85. The Bertz CT molecular complexity index is 299. The van der Waals surface area contributed by atoms with Crippen LogP contribution >= 0.6 is 0 Å². The van der Waals surface area contributed by atoms with Crippen molar-refractivity contribution in [1.82, 2.24) is 5.32 Å². The Morgan fingerprint density at radius 2 is 1.78 bits per heavy atom. The van der Waals surface area contributed by atoms with Crippen LogP contribution in [0.5, 0.6) is 0 Å². The largest absolute Gasteiger partial charge is 0.481 e. The predicted octanol–water partition coefficient (Wildman–Crippen LogP) is 2.29. The van der Waals surface area contributed by atoms with Gasteiger partial charge in [0.25, 0.3) is 0 Å². The molecule has 1 aliphatic carbocycles. The van der Waals surface area contributed by atoms with Crippen molar-refractivity contribution in [3.8, 4) is 0 Å². The second-order valence-electron chi connectivity index (χ2n) is 5.56. The van der Waals surface area contributed by atoms with Gasteiger partial charge >= 0.3 is 5.97 Å². The van der Waals surface area contributed by atoms with Crippen molar-refractivity contribution in [2.75, 3.05) is 6.54 Å². The van der Waals surface area contributed by atoms with Crippen LogP contribution in [-0.2, 0) is 9.59 Å². The van der Waals surface area contributed by atoms with Gasteiger partial charge in [0.05, 0.1) is 11.8 Å². The summed E-state index contributed by atoms with van der Waals surface area (Å²) < 4.78 is 0. The Kier molecular flexibility index (Phi) is 5.63. The highest BCUT2D eigenvalue weighted by Gasteiger charge is 2.41. The van der Waals surface area contributed by atoms with Crippen molar-refractivity contribution < 1.29 is 14.7 Å². The second kappa shape index (κ2) is 6.76. The number of carboxylic acids is 1. The lowest BCUT2D eigenvalue weighted by Gasteiger charge is -2.18. The number of hydrogen-bond donors (Lipinski definition) is 2. The molecule has 1 unspecified atom stereocenters. The van der Waals surface area contributed by atoms with Gasteiger partial charge in [0.1, 0.15) is 0 Å². The maximum atomic E-state index is 12.1. The van der Waals surface area contributed by atoms with Gasteiger partial charge in [0.2, 0.25) is 5.91 Å². The average Bonchev–Trinajstić information content (AvgIpc) is 2.72. The Hall–Kier alpha value is -1.06. The highest BCUT2D eigenvalue weighted by Crippen LogP contribution is 2.36. The molecule has 104 valence electrons. The summed E-state index contributed by atoms with van der Waals surface area (Å²) in [5, 5.41) is 12.1.